The highest BCUT2D eigenvalue weighted by Gasteiger charge is 2.23. The summed E-state index contributed by atoms with van der Waals surface area (Å²) < 4.78 is 5.28. The monoisotopic (exact) mass is 348 g/mol. The molecule has 26 heavy (non-hydrogen) atoms. The molecule has 1 amide bonds. The largest absolute Gasteiger partial charge is 0.371 e. The van der Waals surface area contributed by atoms with Crippen molar-refractivity contribution in [3.8, 4) is 11.3 Å². The number of anilines is 1. The molecule has 0 radical (unpaired) electrons. The van der Waals surface area contributed by atoms with Gasteiger partial charge in [0.15, 0.2) is 11.5 Å². The van der Waals surface area contributed by atoms with E-state index < -0.39 is 0 Å². The van der Waals surface area contributed by atoms with Crippen molar-refractivity contribution in [1.82, 2.24) is 15.5 Å². The molecule has 3 aromatic rings. The number of nitrogens with zero attached hydrogens (tertiary/aromatic N) is 3. The van der Waals surface area contributed by atoms with Gasteiger partial charge in [-0.3, -0.25) is 9.78 Å². The molecule has 0 bridgehead atoms. The van der Waals surface area contributed by atoms with Gasteiger partial charge in [0.2, 0.25) is 0 Å². The summed E-state index contributed by atoms with van der Waals surface area (Å²) >= 11 is 0. The van der Waals surface area contributed by atoms with Crippen molar-refractivity contribution >= 4 is 11.6 Å². The third kappa shape index (κ3) is 3.59. The molecule has 0 aliphatic carbocycles. The molecule has 3 heterocycles. The number of pyridine rings is 1. The standard InChI is InChI=1S/C20H20N4O2/c25-20(18-13-19(26-23-18)15-5-4-10-21-14-15)22-16-8-11-24(12-9-16)17-6-2-1-3-7-17/h1-7,10,13-14,16H,8-9,11-12H2,(H,22,25). The highest BCUT2D eigenvalue weighted by atomic mass is 16.5. The average Bonchev–Trinajstić information content (AvgIpc) is 3.20. The number of aromatic nitrogens is 2. The van der Waals surface area contributed by atoms with Gasteiger partial charge in [0.1, 0.15) is 0 Å². The van der Waals surface area contributed by atoms with Gasteiger partial charge in [-0.05, 0) is 37.1 Å². The predicted octanol–water partition coefficient (Wildman–Crippen LogP) is 3.14. The van der Waals surface area contributed by atoms with Crippen LogP contribution in [0.5, 0.6) is 0 Å². The van der Waals surface area contributed by atoms with Crippen LogP contribution in [0.1, 0.15) is 23.3 Å². The van der Waals surface area contributed by atoms with Crippen LogP contribution in [0.4, 0.5) is 5.69 Å². The molecule has 132 valence electrons. The maximum absolute atomic E-state index is 12.4. The summed E-state index contributed by atoms with van der Waals surface area (Å²) in [6.45, 7) is 1.85. The van der Waals surface area contributed by atoms with Crippen molar-refractivity contribution in [1.29, 1.82) is 0 Å². The molecule has 6 heteroatoms. The van der Waals surface area contributed by atoms with E-state index in [-0.39, 0.29) is 11.9 Å². The van der Waals surface area contributed by atoms with Gasteiger partial charge in [-0.2, -0.15) is 0 Å². The van der Waals surface area contributed by atoms with Crippen molar-refractivity contribution in [2.45, 2.75) is 18.9 Å². The Balaban J connectivity index is 1.34. The van der Waals surface area contributed by atoms with E-state index in [2.05, 4.69) is 32.5 Å². The quantitative estimate of drug-likeness (QED) is 0.784. The Bertz CT molecular complexity index is 856. The van der Waals surface area contributed by atoms with Gasteiger partial charge in [0.05, 0.1) is 0 Å². The number of hydrogen-bond donors (Lipinski definition) is 1. The van der Waals surface area contributed by atoms with E-state index in [1.54, 1.807) is 18.5 Å². The van der Waals surface area contributed by atoms with Crippen LogP contribution in [0.25, 0.3) is 11.3 Å². The van der Waals surface area contributed by atoms with Gasteiger partial charge in [0, 0.05) is 48.8 Å². The lowest BCUT2D eigenvalue weighted by molar-refractivity contribution is 0.0922. The Morgan fingerprint density at radius 3 is 2.65 bits per heavy atom. The summed E-state index contributed by atoms with van der Waals surface area (Å²) in [5.74, 6) is 0.351. The second-order valence-corrected chi connectivity index (χ2v) is 6.39. The molecule has 1 aliphatic rings. The summed E-state index contributed by atoms with van der Waals surface area (Å²) in [6, 6.07) is 15.9. The van der Waals surface area contributed by atoms with Crippen molar-refractivity contribution in [2.75, 3.05) is 18.0 Å². The van der Waals surface area contributed by atoms with Gasteiger partial charge < -0.3 is 14.7 Å². The summed E-state index contributed by atoms with van der Waals surface area (Å²) in [6.07, 6.45) is 5.19. The summed E-state index contributed by atoms with van der Waals surface area (Å²) in [5.41, 5.74) is 2.33. The second-order valence-electron chi connectivity index (χ2n) is 6.39. The number of carbonyl (C=O) groups excluding carboxylic acids is 1. The molecule has 1 N–H and O–H groups in total. The zero-order chi connectivity index (χ0) is 17.8. The molecule has 1 aromatic carbocycles. The number of amides is 1. The molecule has 6 nitrogen and oxygen atoms in total. The maximum Gasteiger partial charge on any atom is 0.273 e. The van der Waals surface area contributed by atoms with E-state index in [1.165, 1.54) is 5.69 Å². The molecule has 0 atom stereocenters. The van der Waals surface area contributed by atoms with Crippen LogP contribution in [0.15, 0.2) is 65.4 Å². The van der Waals surface area contributed by atoms with Crippen LogP contribution in [0, 0.1) is 0 Å². The number of carbonyl (C=O) groups is 1. The second kappa shape index (κ2) is 7.39. The fourth-order valence-corrected chi connectivity index (χ4v) is 3.21. The summed E-state index contributed by atoms with van der Waals surface area (Å²) in [4.78, 5) is 18.8. The highest BCUT2D eigenvalue weighted by Crippen LogP contribution is 2.21. The first kappa shape index (κ1) is 16.3. The third-order valence-electron chi connectivity index (χ3n) is 4.64. The van der Waals surface area contributed by atoms with Crippen LogP contribution in [0.3, 0.4) is 0 Å². The topological polar surface area (TPSA) is 71.3 Å². The normalized spacial score (nSPS) is 15.0. The van der Waals surface area contributed by atoms with E-state index in [0.29, 0.717) is 11.5 Å². The SMILES string of the molecule is O=C(NC1CCN(c2ccccc2)CC1)c1cc(-c2cccnc2)on1. The fourth-order valence-electron chi connectivity index (χ4n) is 3.21. The van der Waals surface area contributed by atoms with Crippen LogP contribution in [-0.2, 0) is 0 Å². The Hall–Kier alpha value is -3.15. The third-order valence-corrected chi connectivity index (χ3v) is 4.64. The van der Waals surface area contributed by atoms with Gasteiger partial charge >= 0.3 is 0 Å². The van der Waals surface area contributed by atoms with Gasteiger partial charge in [-0.1, -0.05) is 23.4 Å². The molecule has 1 fully saturated rings. The molecule has 1 aliphatic heterocycles. The van der Waals surface area contributed by atoms with E-state index in [0.717, 1.165) is 31.5 Å². The Morgan fingerprint density at radius 2 is 1.92 bits per heavy atom. The Morgan fingerprint density at radius 1 is 1.12 bits per heavy atom. The van der Waals surface area contributed by atoms with E-state index >= 15 is 0 Å². The minimum Gasteiger partial charge on any atom is -0.371 e. The van der Waals surface area contributed by atoms with Gasteiger partial charge in [-0.25, -0.2) is 0 Å². The number of piperidine rings is 1. The lowest BCUT2D eigenvalue weighted by atomic mass is 10.0. The predicted molar refractivity (Wildman–Crippen MR) is 98.9 cm³/mol. The lowest BCUT2D eigenvalue weighted by Gasteiger charge is -2.33. The number of para-hydroxylation sites is 1. The van der Waals surface area contributed by atoms with E-state index in [9.17, 15) is 4.79 Å². The number of hydrogen-bond acceptors (Lipinski definition) is 5. The van der Waals surface area contributed by atoms with Crippen molar-refractivity contribution in [2.24, 2.45) is 0 Å². The molecule has 0 spiro atoms. The van der Waals surface area contributed by atoms with Crippen LogP contribution in [-0.4, -0.2) is 35.2 Å². The van der Waals surface area contributed by atoms with Crippen molar-refractivity contribution in [3.05, 3.63) is 66.6 Å². The zero-order valence-corrected chi connectivity index (χ0v) is 14.3. The Labute approximate surface area is 151 Å². The zero-order valence-electron chi connectivity index (χ0n) is 14.3. The minimum atomic E-state index is -0.193. The first-order valence-electron chi connectivity index (χ1n) is 8.77. The molecular formula is C20H20N4O2. The lowest BCUT2D eigenvalue weighted by Crippen LogP contribution is -2.44. The Kier molecular flexibility index (Phi) is 4.64. The van der Waals surface area contributed by atoms with Crippen molar-refractivity contribution < 1.29 is 9.32 Å². The summed E-state index contributed by atoms with van der Waals surface area (Å²) in [5, 5.41) is 6.96. The number of nitrogens with one attached hydrogen (secondary N) is 1. The fraction of sp³-hybridized carbons (Fsp3) is 0.250. The van der Waals surface area contributed by atoms with Gasteiger partial charge in [-0.15, -0.1) is 0 Å². The average molecular weight is 348 g/mol. The minimum absolute atomic E-state index is 0.154. The van der Waals surface area contributed by atoms with Crippen molar-refractivity contribution in [3.63, 3.8) is 0 Å². The first-order chi connectivity index (χ1) is 12.8. The number of rotatable bonds is 4. The van der Waals surface area contributed by atoms with E-state index in [1.807, 2.05) is 30.3 Å². The van der Waals surface area contributed by atoms with E-state index in [4.69, 9.17) is 4.52 Å². The van der Waals surface area contributed by atoms with Gasteiger partial charge in [0.25, 0.3) is 5.91 Å². The number of benzene rings is 1. The van der Waals surface area contributed by atoms with Crippen LogP contribution in [0.2, 0.25) is 0 Å². The summed E-state index contributed by atoms with van der Waals surface area (Å²) in [7, 11) is 0. The van der Waals surface area contributed by atoms with Crippen LogP contribution >= 0.6 is 0 Å². The molecule has 1 saturated heterocycles. The molecule has 2 aromatic heterocycles. The molecule has 0 saturated carbocycles. The smallest absolute Gasteiger partial charge is 0.273 e. The first-order valence-corrected chi connectivity index (χ1v) is 8.77. The maximum atomic E-state index is 12.4. The molecule has 0 unspecified atom stereocenters. The molecular weight excluding hydrogens is 328 g/mol. The highest BCUT2D eigenvalue weighted by molar-refractivity contribution is 5.93. The molecule has 4 rings (SSSR count). The van der Waals surface area contributed by atoms with Crippen LogP contribution < -0.4 is 10.2 Å².